The van der Waals surface area contributed by atoms with E-state index < -0.39 is 0 Å². The highest BCUT2D eigenvalue weighted by Crippen LogP contribution is 2.21. The van der Waals surface area contributed by atoms with Gasteiger partial charge in [0.25, 0.3) is 0 Å². The fourth-order valence-corrected chi connectivity index (χ4v) is 2.22. The molecule has 0 aliphatic heterocycles. The zero-order valence-electron chi connectivity index (χ0n) is 11.4. The summed E-state index contributed by atoms with van der Waals surface area (Å²) in [6, 6.07) is 15.6. The quantitative estimate of drug-likeness (QED) is 0.714. The van der Waals surface area contributed by atoms with Gasteiger partial charge in [-0.25, -0.2) is 0 Å². The molecule has 21 heavy (non-hydrogen) atoms. The number of benzene rings is 2. The van der Waals surface area contributed by atoms with E-state index in [-0.39, 0.29) is 0 Å². The standard InChI is InChI=1S/C16H13BrN2O2/c1-20-14-8-2-11(3-9-14)10-15-18-19-16(21-15)12-4-6-13(17)7-5-12/h2-9H,10H2,1H3. The van der Waals surface area contributed by atoms with Crippen molar-refractivity contribution in [3.63, 3.8) is 0 Å². The lowest BCUT2D eigenvalue weighted by molar-refractivity contribution is 0.414. The van der Waals surface area contributed by atoms with E-state index in [1.165, 1.54) is 0 Å². The van der Waals surface area contributed by atoms with Crippen molar-refractivity contribution < 1.29 is 9.15 Å². The van der Waals surface area contributed by atoms with E-state index in [4.69, 9.17) is 9.15 Å². The molecule has 1 heterocycles. The molecule has 0 aliphatic carbocycles. The summed E-state index contributed by atoms with van der Waals surface area (Å²) in [7, 11) is 1.65. The largest absolute Gasteiger partial charge is 0.497 e. The molecule has 0 aliphatic rings. The van der Waals surface area contributed by atoms with Crippen LogP contribution in [0.5, 0.6) is 5.75 Å². The number of rotatable bonds is 4. The van der Waals surface area contributed by atoms with E-state index in [1.807, 2.05) is 48.5 Å². The van der Waals surface area contributed by atoms with Crippen molar-refractivity contribution in [2.75, 3.05) is 7.11 Å². The molecule has 0 fully saturated rings. The van der Waals surface area contributed by atoms with Gasteiger partial charge >= 0.3 is 0 Å². The monoisotopic (exact) mass is 344 g/mol. The number of halogens is 1. The van der Waals surface area contributed by atoms with Crippen molar-refractivity contribution in [1.29, 1.82) is 0 Å². The molecular weight excluding hydrogens is 332 g/mol. The second-order valence-corrected chi connectivity index (χ2v) is 5.45. The van der Waals surface area contributed by atoms with Crippen LogP contribution in [0.1, 0.15) is 11.5 Å². The van der Waals surface area contributed by atoms with Gasteiger partial charge in [-0.1, -0.05) is 28.1 Å². The first-order valence-electron chi connectivity index (χ1n) is 6.46. The van der Waals surface area contributed by atoms with Gasteiger partial charge in [0.15, 0.2) is 0 Å². The first-order valence-corrected chi connectivity index (χ1v) is 7.25. The molecule has 0 amide bonds. The summed E-state index contributed by atoms with van der Waals surface area (Å²) in [5, 5.41) is 8.18. The lowest BCUT2D eigenvalue weighted by atomic mass is 10.1. The highest BCUT2D eigenvalue weighted by Gasteiger charge is 2.09. The molecule has 0 bridgehead atoms. The molecule has 0 unspecified atom stereocenters. The molecule has 106 valence electrons. The third kappa shape index (κ3) is 3.31. The zero-order chi connectivity index (χ0) is 14.7. The molecule has 0 saturated carbocycles. The minimum absolute atomic E-state index is 0.533. The van der Waals surface area contributed by atoms with Crippen LogP contribution in [0.3, 0.4) is 0 Å². The maximum Gasteiger partial charge on any atom is 0.247 e. The molecule has 3 aromatic rings. The van der Waals surface area contributed by atoms with Crippen LogP contribution in [0, 0.1) is 0 Å². The van der Waals surface area contributed by atoms with E-state index >= 15 is 0 Å². The van der Waals surface area contributed by atoms with Crippen LogP contribution in [0.25, 0.3) is 11.5 Å². The Morgan fingerprint density at radius 2 is 1.71 bits per heavy atom. The average Bonchev–Trinajstić information content (AvgIpc) is 2.97. The summed E-state index contributed by atoms with van der Waals surface area (Å²) in [5.41, 5.74) is 2.01. The summed E-state index contributed by atoms with van der Waals surface area (Å²) < 4.78 is 11.9. The Balaban J connectivity index is 1.76. The second kappa shape index (κ2) is 6.10. The number of aromatic nitrogens is 2. The number of hydrogen-bond acceptors (Lipinski definition) is 4. The molecule has 3 rings (SSSR count). The summed E-state index contributed by atoms with van der Waals surface area (Å²) in [5.74, 6) is 1.96. The highest BCUT2D eigenvalue weighted by molar-refractivity contribution is 9.10. The lowest BCUT2D eigenvalue weighted by Crippen LogP contribution is -1.89. The summed E-state index contributed by atoms with van der Waals surface area (Å²) in [6.07, 6.45) is 0.605. The fraction of sp³-hybridized carbons (Fsp3) is 0.125. The first-order chi connectivity index (χ1) is 10.2. The van der Waals surface area contributed by atoms with Gasteiger partial charge < -0.3 is 9.15 Å². The first kappa shape index (κ1) is 13.8. The van der Waals surface area contributed by atoms with Crippen LogP contribution in [0.4, 0.5) is 0 Å². The lowest BCUT2D eigenvalue weighted by Gasteiger charge is -2.00. The number of hydrogen-bond donors (Lipinski definition) is 0. The van der Waals surface area contributed by atoms with Gasteiger partial charge in [0.2, 0.25) is 11.8 Å². The predicted molar refractivity (Wildman–Crippen MR) is 83.2 cm³/mol. The van der Waals surface area contributed by atoms with Crippen LogP contribution >= 0.6 is 15.9 Å². The van der Waals surface area contributed by atoms with Crippen LogP contribution in [-0.2, 0) is 6.42 Å². The third-order valence-corrected chi connectivity index (χ3v) is 3.60. The van der Waals surface area contributed by atoms with Crippen molar-refractivity contribution in [1.82, 2.24) is 10.2 Å². The van der Waals surface area contributed by atoms with Crippen molar-refractivity contribution >= 4 is 15.9 Å². The van der Waals surface area contributed by atoms with Crippen molar-refractivity contribution in [2.45, 2.75) is 6.42 Å². The third-order valence-electron chi connectivity index (χ3n) is 3.07. The van der Waals surface area contributed by atoms with Gasteiger partial charge in [-0.2, -0.15) is 0 Å². The Bertz CT molecular complexity index is 721. The van der Waals surface area contributed by atoms with Gasteiger partial charge in [-0.15, -0.1) is 10.2 Å². The Kier molecular flexibility index (Phi) is 4.01. The van der Waals surface area contributed by atoms with E-state index in [1.54, 1.807) is 7.11 Å². The minimum Gasteiger partial charge on any atom is -0.497 e. The number of methoxy groups -OCH3 is 1. The van der Waals surface area contributed by atoms with Gasteiger partial charge in [0, 0.05) is 10.0 Å². The molecule has 0 saturated heterocycles. The van der Waals surface area contributed by atoms with E-state index in [9.17, 15) is 0 Å². The van der Waals surface area contributed by atoms with Crippen molar-refractivity contribution in [3.8, 4) is 17.2 Å². The maximum absolute atomic E-state index is 5.70. The summed E-state index contributed by atoms with van der Waals surface area (Å²) in [4.78, 5) is 0. The molecule has 0 spiro atoms. The average molecular weight is 345 g/mol. The summed E-state index contributed by atoms with van der Waals surface area (Å²) >= 11 is 3.40. The van der Waals surface area contributed by atoms with Crippen LogP contribution in [-0.4, -0.2) is 17.3 Å². The normalized spacial score (nSPS) is 10.6. The number of nitrogens with zero attached hydrogens (tertiary/aromatic N) is 2. The highest BCUT2D eigenvalue weighted by atomic mass is 79.9. The van der Waals surface area contributed by atoms with Gasteiger partial charge in [-0.05, 0) is 42.0 Å². The summed E-state index contributed by atoms with van der Waals surface area (Å²) in [6.45, 7) is 0. The molecule has 1 aromatic heterocycles. The Hall–Kier alpha value is -2.14. The zero-order valence-corrected chi connectivity index (χ0v) is 13.0. The smallest absolute Gasteiger partial charge is 0.247 e. The van der Waals surface area contributed by atoms with E-state index in [2.05, 4.69) is 26.1 Å². The van der Waals surface area contributed by atoms with Gasteiger partial charge in [-0.3, -0.25) is 0 Å². The van der Waals surface area contributed by atoms with Crippen LogP contribution in [0.15, 0.2) is 57.4 Å². The molecule has 0 N–H and O–H groups in total. The fourth-order valence-electron chi connectivity index (χ4n) is 1.95. The molecule has 5 heteroatoms. The Morgan fingerprint density at radius 3 is 2.38 bits per heavy atom. The Labute approximate surface area is 130 Å². The molecule has 0 atom stereocenters. The van der Waals surface area contributed by atoms with Crippen LogP contribution < -0.4 is 4.74 Å². The SMILES string of the molecule is COc1ccc(Cc2nnc(-c3ccc(Br)cc3)o2)cc1. The van der Waals surface area contributed by atoms with Gasteiger partial charge in [0.05, 0.1) is 13.5 Å². The topological polar surface area (TPSA) is 48.2 Å². The Morgan fingerprint density at radius 1 is 1.00 bits per heavy atom. The molecule has 2 aromatic carbocycles. The second-order valence-electron chi connectivity index (χ2n) is 4.53. The van der Waals surface area contributed by atoms with Crippen LogP contribution in [0.2, 0.25) is 0 Å². The van der Waals surface area contributed by atoms with Gasteiger partial charge in [0.1, 0.15) is 5.75 Å². The molecule has 4 nitrogen and oxygen atoms in total. The molecular formula is C16H13BrN2O2. The van der Waals surface area contributed by atoms with Crippen molar-refractivity contribution in [2.24, 2.45) is 0 Å². The van der Waals surface area contributed by atoms with E-state index in [0.29, 0.717) is 18.2 Å². The number of ether oxygens (including phenoxy) is 1. The maximum atomic E-state index is 5.70. The van der Waals surface area contributed by atoms with Crippen molar-refractivity contribution in [3.05, 3.63) is 64.5 Å². The predicted octanol–water partition coefficient (Wildman–Crippen LogP) is 4.10. The minimum atomic E-state index is 0.533. The van der Waals surface area contributed by atoms with E-state index in [0.717, 1.165) is 21.3 Å². The molecule has 0 radical (unpaired) electrons.